The Hall–Kier alpha value is -5.01. The molecule has 0 bridgehead atoms. The number of piperazine rings is 1. The highest BCUT2D eigenvalue weighted by Crippen LogP contribution is 2.38. The highest BCUT2D eigenvalue weighted by molar-refractivity contribution is 6.09. The summed E-state index contributed by atoms with van der Waals surface area (Å²) in [6.45, 7) is 9.06. The second-order valence-electron chi connectivity index (χ2n) is 14.6. The first-order chi connectivity index (χ1) is 25.7. The highest BCUT2D eigenvalue weighted by atomic mass is 19.1. The first kappa shape index (κ1) is 35.0. The number of pyridine rings is 2. The van der Waals surface area contributed by atoms with Crippen molar-refractivity contribution in [3.8, 4) is 11.1 Å². The van der Waals surface area contributed by atoms with Gasteiger partial charge in [-0.15, -0.1) is 0 Å². The summed E-state index contributed by atoms with van der Waals surface area (Å²) in [5, 5.41) is 3.19. The predicted molar refractivity (Wildman–Crippen MR) is 200 cm³/mol. The molecule has 0 spiro atoms. The maximum atomic E-state index is 15.7. The van der Waals surface area contributed by atoms with Crippen LogP contribution < -0.4 is 20.7 Å². The van der Waals surface area contributed by atoms with Crippen molar-refractivity contribution in [3.05, 3.63) is 87.5 Å². The number of benzene rings is 1. The van der Waals surface area contributed by atoms with Crippen molar-refractivity contribution < 1.29 is 23.5 Å². The molecule has 4 aliphatic rings. The van der Waals surface area contributed by atoms with E-state index in [1.807, 2.05) is 24.4 Å². The summed E-state index contributed by atoms with van der Waals surface area (Å²) in [5.74, 6) is -0.766. The van der Waals surface area contributed by atoms with Gasteiger partial charge >= 0.3 is 5.97 Å². The lowest BCUT2D eigenvalue weighted by Gasteiger charge is -2.47. The van der Waals surface area contributed by atoms with Crippen LogP contribution in [0.25, 0.3) is 11.1 Å². The number of hydrogen-bond donors (Lipinski definition) is 1. The molecule has 0 saturated carbocycles. The number of nitrogens with one attached hydrogen (secondary N) is 1. The van der Waals surface area contributed by atoms with E-state index in [4.69, 9.17) is 9.47 Å². The van der Waals surface area contributed by atoms with Crippen LogP contribution in [0.4, 0.5) is 27.3 Å². The molecular formula is C40H46FN7O5. The average molecular weight is 724 g/mol. The third-order valence-corrected chi connectivity index (χ3v) is 11.3. The maximum absolute atomic E-state index is 15.7. The van der Waals surface area contributed by atoms with Crippen molar-refractivity contribution in [2.75, 3.05) is 54.5 Å². The molecule has 1 amide bonds. The van der Waals surface area contributed by atoms with E-state index in [9.17, 15) is 14.4 Å². The second-order valence-corrected chi connectivity index (χ2v) is 14.6. The number of halogens is 1. The lowest BCUT2D eigenvalue weighted by atomic mass is 9.96. The van der Waals surface area contributed by atoms with Crippen LogP contribution in [0.5, 0.6) is 0 Å². The Morgan fingerprint density at radius 3 is 2.62 bits per heavy atom. The molecule has 4 aliphatic heterocycles. The molecule has 7 heterocycles. The Bertz CT molecular complexity index is 2110. The summed E-state index contributed by atoms with van der Waals surface area (Å²) in [5.41, 5.74) is 5.55. The molecule has 2 fully saturated rings. The number of fused-ring (bicyclic) bond motifs is 3. The minimum atomic E-state index is -0.552. The van der Waals surface area contributed by atoms with Crippen molar-refractivity contribution in [2.45, 2.75) is 71.2 Å². The van der Waals surface area contributed by atoms with Gasteiger partial charge in [0, 0.05) is 87.9 Å². The monoisotopic (exact) mass is 723 g/mol. The molecule has 278 valence electrons. The molecule has 1 unspecified atom stereocenters. The number of carbonyl (C=O) groups excluding carboxylic acids is 2. The van der Waals surface area contributed by atoms with Gasteiger partial charge in [0.2, 0.25) is 0 Å². The van der Waals surface area contributed by atoms with Gasteiger partial charge < -0.3 is 33.7 Å². The zero-order valence-corrected chi connectivity index (χ0v) is 30.6. The van der Waals surface area contributed by atoms with Crippen molar-refractivity contribution in [1.29, 1.82) is 0 Å². The van der Waals surface area contributed by atoms with Crippen molar-refractivity contribution in [3.63, 3.8) is 0 Å². The van der Waals surface area contributed by atoms with Crippen molar-refractivity contribution in [2.24, 2.45) is 7.05 Å². The number of anilines is 4. The molecule has 0 aliphatic carbocycles. The standard InChI is InChI=1S/C40H46FN7O5/c1-4-28-21-45(31-22-52-23-31)13-14-46(28)30-8-9-38(42-19-30)43-35-15-26(20-44(3)40(35)51)32-16-27(41)17-37(34(32)24-53-25(2)49)48-12-10-36-33(39(48)50)18-29-7-5-6-11-47(29)36/h8-9,15-20,28,31H,4-7,10-14,21-24H2,1-3H3,(H,42,43). The Labute approximate surface area is 308 Å². The summed E-state index contributed by atoms with van der Waals surface area (Å²) >= 11 is 0. The van der Waals surface area contributed by atoms with Gasteiger partial charge in [0.25, 0.3) is 11.5 Å². The van der Waals surface area contributed by atoms with Crippen LogP contribution in [-0.4, -0.2) is 82.4 Å². The number of nitrogens with zero attached hydrogens (tertiary/aromatic N) is 6. The number of aromatic nitrogens is 3. The molecule has 1 aromatic carbocycles. The van der Waals surface area contributed by atoms with E-state index in [0.717, 1.165) is 82.2 Å². The fourth-order valence-electron chi connectivity index (χ4n) is 8.35. The van der Waals surface area contributed by atoms with Crippen molar-refractivity contribution in [1.82, 2.24) is 19.0 Å². The topological polar surface area (TPSA) is 114 Å². The number of ether oxygens (including phenoxy) is 2. The van der Waals surface area contributed by atoms with Crippen LogP contribution in [0, 0.1) is 5.82 Å². The third kappa shape index (κ3) is 6.72. The number of esters is 1. The maximum Gasteiger partial charge on any atom is 0.302 e. The van der Waals surface area contributed by atoms with Crippen LogP contribution in [0.3, 0.4) is 0 Å². The summed E-state index contributed by atoms with van der Waals surface area (Å²) < 4.78 is 30.3. The third-order valence-electron chi connectivity index (χ3n) is 11.3. The second kappa shape index (κ2) is 14.4. The first-order valence-electron chi connectivity index (χ1n) is 18.7. The quantitative estimate of drug-likeness (QED) is 0.238. The number of hydrogen-bond acceptors (Lipinski definition) is 9. The molecule has 3 aromatic heterocycles. The SMILES string of the molecule is CCC1CN(C2COC2)CCN1c1ccc(Nc2cc(-c3cc(F)cc(N4CCc5c(cc6n5CCCC6)C4=O)c3COC(C)=O)cn(C)c2=O)nc1. The number of rotatable bonds is 9. The number of aryl methyl sites for hydroxylation is 2. The number of carbonyl (C=O) groups is 2. The van der Waals surface area contributed by atoms with Gasteiger partial charge in [0.15, 0.2) is 0 Å². The van der Waals surface area contributed by atoms with E-state index < -0.39 is 11.8 Å². The molecule has 2 saturated heterocycles. The molecular weight excluding hydrogens is 677 g/mol. The lowest BCUT2D eigenvalue weighted by Crippen LogP contribution is -2.60. The van der Waals surface area contributed by atoms with Gasteiger partial charge in [-0.25, -0.2) is 9.37 Å². The zero-order valence-electron chi connectivity index (χ0n) is 30.6. The highest BCUT2D eigenvalue weighted by Gasteiger charge is 2.35. The molecule has 12 nitrogen and oxygen atoms in total. The van der Waals surface area contributed by atoms with E-state index in [-0.39, 0.29) is 23.8 Å². The van der Waals surface area contributed by atoms with Crippen LogP contribution in [0.15, 0.2) is 53.6 Å². The molecule has 1 atom stereocenters. The molecule has 4 aromatic rings. The molecule has 13 heteroatoms. The zero-order chi connectivity index (χ0) is 36.8. The minimum Gasteiger partial charge on any atom is -0.461 e. The van der Waals surface area contributed by atoms with E-state index in [1.165, 1.54) is 23.6 Å². The summed E-state index contributed by atoms with van der Waals surface area (Å²) in [4.78, 5) is 50.8. The Kier molecular flexibility index (Phi) is 9.54. The van der Waals surface area contributed by atoms with Gasteiger partial charge in [0.1, 0.15) is 23.9 Å². The van der Waals surface area contributed by atoms with Gasteiger partial charge in [-0.05, 0) is 67.6 Å². The van der Waals surface area contributed by atoms with E-state index in [2.05, 4.69) is 31.6 Å². The summed E-state index contributed by atoms with van der Waals surface area (Å²) in [6.07, 6.45) is 8.20. The van der Waals surface area contributed by atoms with Gasteiger partial charge in [0.05, 0.1) is 42.4 Å². The van der Waals surface area contributed by atoms with E-state index in [0.29, 0.717) is 58.8 Å². The predicted octanol–water partition coefficient (Wildman–Crippen LogP) is 5.03. The number of amides is 1. The van der Waals surface area contributed by atoms with E-state index in [1.54, 1.807) is 24.2 Å². The molecule has 8 rings (SSSR count). The lowest BCUT2D eigenvalue weighted by molar-refractivity contribution is -0.142. The van der Waals surface area contributed by atoms with Crippen molar-refractivity contribution >= 4 is 34.8 Å². The average Bonchev–Trinajstić information content (AvgIpc) is 3.52. The Morgan fingerprint density at radius 1 is 1.04 bits per heavy atom. The van der Waals surface area contributed by atoms with Gasteiger partial charge in [-0.2, -0.15) is 0 Å². The summed E-state index contributed by atoms with van der Waals surface area (Å²) in [6, 6.07) is 11.1. The van der Waals surface area contributed by atoms with Gasteiger partial charge in [-0.1, -0.05) is 6.92 Å². The van der Waals surface area contributed by atoms with Crippen LogP contribution >= 0.6 is 0 Å². The molecule has 53 heavy (non-hydrogen) atoms. The van der Waals surface area contributed by atoms with Crippen LogP contribution in [0.1, 0.15) is 60.4 Å². The normalized spacial score (nSPS) is 19.1. The largest absolute Gasteiger partial charge is 0.461 e. The van der Waals surface area contributed by atoms with Crippen LogP contribution in [0.2, 0.25) is 0 Å². The summed E-state index contributed by atoms with van der Waals surface area (Å²) in [7, 11) is 1.63. The smallest absolute Gasteiger partial charge is 0.302 e. The first-order valence-corrected chi connectivity index (χ1v) is 18.7. The van der Waals surface area contributed by atoms with Gasteiger partial charge in [-0.3, -0.25) is 19.3 Å². The fraction of sp³-hybridized carbons (Fsp3) is 0.450. The Balaban J connectivity index is 1.09. The molecule has 1 N–H and O–H groups in total. The molecule has 0 radical (unpaired) electrons. The minimum absolute atomic E-state index is 0.181. The Morgan fingerprint density at radius 2 is 1.89 bits per heavy atom. The van der Waals surface area contributed by atoms with E-state index >= 15 is 4.39 Å². The van der Waals surface area contributed by atoms with Crippen LogP contribution in [-0.2, 0) is 47.3 Å². The fourth-order valence-corrected chi connectivity index (χ4v) is 8.35.